The second-order valence-corrected chi connectivity index (χ2v) is 5.81. The third-order valence-electron chi connectivity index (χ3n) is 3.32. The Morgan fingerprint density at radius 1 is 1.43 bits per heavy atom. The second-order valence-electron chi connectivity index (χ2n) is 4.95. The van der Waals surface area contributed by atoms with Gasteiger partial charge in [-0.1, -0.05) is 0 Å². The van der Waals surface area contributed by atoms with E-state index in [9.17, 15) is 18.0 Å². The Labute approximate surface area is 139 Å². The maximum Gasteiger partial charge on any atom is 0.433 e. The molecule has 2 rings (SSSR count). The molecule has 0 aliphatic carbocycles. The Hall–Kier alpha value is -1.84. The van der Waals surface area contributed by atoms with Crippen LogP contribution in [0.2, 0.25) is 0 Å². The van der Waals surface area contributed by atoms with Gasteiger partial charge in [0.25, 0.3) is 5.91 Å². The smallest absolute Gasteiger partial charge is 0.334 e. The number of carbonyl (C=O) groups excluding carboxylic acids is 1. The van der Waals surface area contributed by atoms with Crippen molar-refractivity contribution in [1.29, 1.82) is 0 Å². The Morgan fingerprint density at radius 2 is 2.09 bits per heavy atom. The van der Waals surface area contributed by atoms with E-state index in [4.69, 9.17) is 0 Å². The van der Waals surface area contributed by atoms with E-state index in [1.165, 1.54) is 11.9 Å². The van der Waals surface area contributed by atoms with Crippen LogP contribution in [0.3, 0.4) is 0 Å². The molecule has 2 aromatic rings. The van der Waals surface area contributed by atoms with Crippen LogP contribution in [0.4, 0.5) is 13.2 Å². The number of nitrogens with zero attached hydrogens (tertiary/aromatic N) is 5. The fraction of sp³-hybridized carbons (Fsp3) is 0.462. The number of aryl methyl sites for hydroxylation is 2. The minimum Gasteiger partial charge on any atom is -0.334 e. The van der Waals surface area contributed by atoms with Crippen LogP contribution >= 0.6 is 15.9 Å². The summed E-state index contributed by atoms with van der Waals surface area (Å²) in [6.45, 7) is 2.72. The first-order valence-electron chi connectivity index (χ1n) is 6.72. The number of hydrogen-bond donors (Lipinski definition) is 0. The summed E-state index contributed by atoms with van der Waals surface area (Å²) >= 11 is 3.34. The van der Waals surface area contributed by atoms with Crippen LogP contribution in [0.1, 0.15) is 28.8 Å². The first-order chi connectivity index (χ1) is 10.6. The Balaban J connectivity index is 2.22. The van der Waals surface area contributed by atoms with Crippen LogP contribution in [0.5, 0.6) is 0 Å². The van der Waals surface area contributed by atoms with Crippen LogP contribution in [-0.2, 0) is 26.3 Å². The molecule has 126 valence electrons. The standard InChI is InChI=1S/C13H15BrF3N5O/c1-4-22-10(8(14)6-18-22)7-20(2)12(23)9-5-11(13(15,16)17)21(3)19-9/h5-6H,4,7H2,1-3H3. The van der Waals surface area contributed by atoms with Gasteiger partial charge in [0.2, 0.25) is 0 Å². The lowest BCUT2D eigenvalue weighted by Crippen LogP contribution is -2.28. The summed E-state index contributed by atoms with van der Waals surface area (Å²) in [6, 6.07) is 0.755. The zero-order chi connectivity index (χ0) is 17.4. The summed E-state index contributed by atoms with van der Waals surface area (Å²) in [5.74, 6) is -0.591. The Kier molecular flexibility index (Phi) is 4.83. The van der Waals surface area contributed by atoms with Crippen LogP contribution in [0.25, 0.3) is 0 Å². The molecule has 1 amide bonds. The zero-order valence-electron chi connectivity index (χ0n) is 12.7. The van der Waals surface area contributed by atoms with Crippen LogP contribution in [0.15, 0.2) is 16.7 Å². The minimum absolute atomic E-state index is 0.200. The zero-order valence-corrected chi connectivity index (χ0v) is 14.3. The van der Waals surface area contributed by atoms with Crippen LogP contribution < -0.4 is 0 Å². The number of rotatable bonds is 4. The maximum atomic E-state index is 12.8. The van der Waals surface area contributed by atoms with E-state index in [1.807, 2.05) is 6.92 Å². The molecule has 0 aliphatic rings. The molecule has 2 heterocycles. The van der Waals surface area contributed by atoms with E-state index in [-0.39, 0.29) is 12.2 Å². The molecule has 0 atom stereocenters. The van der Waals surface area contributed by atoms with Gasteiger partial charge in [-0.25, -0.2) is 0 Å². The van der Waals surface area contributed by atoms with Crippen molar-refractivity contribution in [2.75, 3.05) is 7.05 Å². The molecule has 6 nitrogen and oxygen atoms in total. The van der Waals surface area contributed by atoms with E-state index >= 15 is 0 Å². The Morgan fingerprint density at radius 3 is 2.61 bits per heavy atom. The summed E-state index contributed by atoms with van der Waals surface area (Å²) in [7, 11) is 2.66. The van der Waals surface area contributed by atoms with Crippen molar-refractivity contribution in [3.05, 3.63) is 33.8 Å². The van der Waals surface area contributed by atoms with Crippen molar-refractivity contribution in [2.24, 2.45) is 7.05 Å². The highest BCUT2D eigenvalue weighted by Gasteiger charge is 2.36. The van der Waals surface area contributed by atoms with Gasteiger partial charge >= 0.3 is 6.18 Å². The van der Waals surface area contributed by atoms with E-state index in [1.54, 1.807) is 10.9 Å². The highest BCUT2D eigenvalue weighted by atomic mass is 79.9. The molecule has 0 N–H and O–H groups in total. The number of aromatic nitrogens is 4. The van der Waals surface area contributed by atoms with Crippen LogP contribution in [-0.4, -0.2) is 37.4 Å². The largest absolute Gasteiger partial charge is 0.433 e. The number of amides is 1. The molecule has 0 saturated carbocycles. The quantitative estimate of drug-likeness (QED) is 0.802. The predicted octanol–water partition coefficient (Wildman–Crippen LogP) is 2.69. The molecule has 0 aromatic carbocycles. The molecular formula is C13H15BrF3N5O. The molecule has 2 aromatic heterocycles. The lowest BCUT2D eigenvalue weighted by atomic mass is 10.3. The van der Waals surface area contributed by atoms with Crippen molar-refractivity contribution >= 4 is 21.8 Å². The topological polar surface area (TPSA) is 56.0 Å². The van der Waals surface area contributed by atoms with E-state index in [0.29, 0.717) is 11.2 Å². The summed E-state index contributed by atoms with van der Waals surface area (Å²) in [6.07, 6.45) is -2.94. The Bertz CT molecular complexity index is 722. The SMILES string of the molecule is CCn1ncc(Br)c1CN(C)C(=O)c1cc(C(F)(F)F)n(C)n1. The van der Waals surface area contributed by atoms with Gasteiger partial charge in [-0.15, -0.1) is 0 Å². The van der Waals surface area contributed by atoms with Gasteiger partial charge in [0.15, 0.2) is 5.69 Å². The molecule has 0 saturated heterocycles. The predicted molar refractivity (Wildman–Crippen MR) is 79.6 cm³/mol. The summed E-state index contributed by atoms with van der Waals surface area (Å²) in [5.41, 5.74) is -0.453. The molecule has 0 radical (unpaired) electrons. The van der Waals surface area contributed by atoms with Gasteiger partial charge in [-0.2, -0.15) is 23.4 Å². The van der Waals surface area contributed by atoms with Crippen molar-refractivity contribution in [2.45, 2.75) is 26.2 Å². The minimum atomic E-state index is -4.55. The maximum absolute atomic E-state index is 12.8. The normalized spacial score (nSPS) is 11.8. The van der Waals surface area contributed by atoms with Crippen molar-refractivity contribution in [1.82, 2.24) is 24.5 Å². The first-order valence-corrected chi connectivity index (χ1v) is 7.51. The molecule has 23 heavy (non-hydrogen) atoms. The van der Waals surface area contributed by atoms with Gasteiger partial charge in [-0.05, 0) is 22.9 Å². The molecule has 10 heteroatoms. The molecular weight excluding hydrogens is 379 g/mol. The highest BCUT2D eigenvalue weighted by molar-refractivity contribution is 9.10. The first kappa shape index (κ1) is 17.5. The lowest BCUT2D eigenvalue weighted by Gasteiger charge is -2.17. The summed E-state index contributed by atoms with van der Waals surface area (Å²) in [5, 5.41) is 7.80. The monoisotopic (exact) mass is 393 g/mol. The number of alkyl halides is 3. The summed E-state index contributed by atoms with van der Waals surface area (Å²) < 4.78 is 41.4. The van der Waals surface area contributed by atoms with Crippen molar-refractivity contribution in [3.63, 3.8) is 0 Å². The fourth-order valence-electron chi connectivity index (χ4n) is 2.15. The second kappa shape index (κ2) is 6.34. The number of halogens is 4. The average molecular weight is 394 g/mol. The van der Waals surface area contributed by atoms with Gasteiger partial charge in [0.05, 0.1) is 22.9 Å². The van der Waals surface area contributed by atoms with Crippen LogP contribution in [0, 0.1) is 0 Å². The fourth-order valence-corrected chi connectivity index (χ4v) is 2.57. The number of hydrogen-bond acceptors (Lipinski definition) is 3. The van der Waals surface area contributed by atoms with E-state index in [2.05, 4.69) is 26.1 Å². The van der Waals surface area contributed by atoms with Crippen molar-refractivity contribution < 1.29 is 18.0 Å². The molecule has 0 spiro atoms. The molecule has 0 fully saturated rings. The molecule has 0 bridgehead atoms. The number of carbonyl (C=O) groups is 1. The van der Waals surface area contributed by atoms with Gasteiger partial charge in [0.1, 0.15) is 5.69 Å². The summed E-state index contributed by atoms with van der Waals surface area (Å²) in [4.78, 5) is 13.6. The molecule has 0 unspecified atom stereocenters. The highest BCUT2D eigenvalue weighted by Crippen LogP contribution is 2.29. The van der Waals surface area contributed by atoms with Gasteiger partial charge < -0.3 is 4.90 Å². The average Bonchev–Trinajstić information content (AvgIpc) is 3.01. The third-order valence-corrected chi connectivity index (χ3v) is 3.98. The van der Waals surface area contributed by atoms with E-state index in [0.717, 1.165) is 23.3 Å². The van der Waals surface area contributed by atoms with Crippen molar-refractivity contribution in [3.8, 4) is 0 Å². The van der Waals surface area contributed by atoms with Gasteiger partial charge in [0, 0.05) is 26.7 Å². The van der Waals surface area contributed by atoms with E-state index < -0.39 is 17.8 Å². The third kappa shape index (κ3) is 3.57. The van der Waals surface area contributed by atoms with Gasteiger partial charge in [-0.3, -0.25) is 14.2 Å². The lowest BCUT2D eigenvalue weighted by molar-refractivity contribution is -0.143. The molecule has 0 aliphatic heterocycles.